The summed E-state index contributed by atoms with van der Waals surface area (Å²) in [5.74, 6) is 0.688. The van der Waals surface area contributed by atoms with Crippen LogP contribution in [0.15, 0.2) is 18.2 Å². The summed E-state index contributed by atoms with van der Waals surface area (Å²) in [5.41, 5.74) is 0.687. The smallest absolute Gasteiger partial charge is 0.143 e. The molecule has 1 N–H and O–H groups in total. The predicted molar refractivity (Wildman–Crippen MR) is 68.2 cm³/mol. The van der Waals surface area contributed by atoms with E-state index < -0.39 is 5.82 Å². The summed E-state index contributed by atoms with van der Waals surface area (Å²) in [6, 6.07) is 6.55. The normalized spacial score (nSPS) is 12.2. The van der Waals surface area contributed by atoms with E-state index in [1.54, 1.807) is 12.1 Å². The highest BCUT2D eigenvalue weighted by Crippen LogP contribution is 2.19. The van der Waals surface area contributed by atoms with Crippen LogP contribution in [0.25, 0.3) is 0 Å². The Hall–Kier alpha value is -1.56. The van der Waals surface area contributed by atoms with Gasteiger partial charge in [0.05, 0.1) is 5.69 Å². The van der Waals surface area contributed by atoms with Crippen molar-refractivity contribution in [3.63, 3.8) is 0 Å². The monoisotopic (exact) mass is 234 g/mol. The van der Waals surface area contributed by atoms with Crippen LogP contribution in [0, 0.1) is 29.0 Å². The Kier molecular flexibility index (Phi) is 4.96. The molecule has 0 heterocycles. The van der Waals surface area contributed by atoms with Crippen LogP contribution in [-0.2, 0) is 0 Å². The lowest BCUT2D eigenvalue weighted by Crippen LogP contribution is -2.14. The van der Waals surface area contributed by atoms with Gasteiger partial charge in [-0.1, -0.05) is 26.8 Å². The molecule has 0 fully saturated rings. The number of nitrogens with zero attached hydrogens (tertiary/aromatic N) is 1. The molecule has 92 valence electrons. The topological polar surface area (TPSA) is 35.8 Å². The molecule has 0 bridgehead atoms. The molecular formula is C14H19FN2. The predicted octanol–water partition coefficient (Wildman–Crippen LogP) is 3.79. The van der Waals surface area contributed by atoms with Crippen molar-refractivity contribution < 1.29 is 4.39 Å². The third-order valence-corrected chi connectivity index (χ3v) is 2.64. The SMILES string of the molecule is CC(C)CC(C)CNc1cccc(F)c1C#N. The fraction of sp³-hybridized carbons (Fsp3) is 0.500. The molecule has 1 rings (SSSR count). The third-order valence-electron chi connectivity index (χ3n) is 2.64. The first-order valence-electron chi connectivity index (χ1n) is 5.97. The van der Waals surface area contributed by atoms with Crippen molar-refractivity contribution in [1.29, 1.82) is 5.26 Å². The van der Waals surface area contributed by atoms with Crippen molar-refractivity contribution in [3.8, 4) is 6.07 Å². The molecule has 0 aromatic heterocycles. The molecule has 0 amide bonds. The molecule has 0 aliphatic heterocycles. The van der Waals surface area contributed by atoms with Crippen LogP contribution in [0.1, 0.15) is 32.8 Å². The second kappa shape index (κ2) is 6.24. The van der Waals surface area contributed by atoms with Gasteiger partial charge in [-0.05, 0) is 30.4 Å². The van der Waals surface area contributed by atoms with Crippen molar-refractivity contribution >= 4 is 5.69 Å². The summed E-state index contributed by atoms with van der Waals surface area (Å²) in [5, 5.41) is 12.0. The van der Waals surface area contributed by atoms with Crippen LogP contribution in [0.5, 0.6) is 0 Å². The van der Waals surface area contributed by atoms with Gasteiger partial charge in [0.15, 0.2) is 0 Å². The van der Waals surface area contributed by atoms with Gasteiger partial charge in [0.25, 0.3) is 0 Å². The summed E-state index contributed by atoms with van der Waals surface area (Å²) in [6.45, 7) is 7.27. The lowest BCUT2D eigenvalue weighted by molar-refractivity contribution is 0.455. The minimum absolute atomic E-state index is 0.101. The highest BCUT2D eigenvalue weighted by atomic mass is 19.1. The Balaban J connectivity index is 2.64. The van der Waals surface area contributed by atoms with Crippen LogP contribution in [-0.4, -0.2) is 6.54 Å². The van der Waals surface area contributed by atoms with Crippen LogP contribution in [0.3, 0.4) is 0 Å². The molecule has 1 unspecified atom stereocenters. The van der Waals surface area contributed by atoms with Crippen molar-refractivity contribution in [2.24, 2.45) is 11.8 Å². The van der Waals surface area contributed by atoms with Crippen LogP contribution < -0.4 is 5.32 Å². The molecule has 0 aliphatic carbocycles. The van der Waals surface area contributed by atoms with Crippen molar-refractivity contribution in [2.75, 3.05) is 11.9 Å². The van der Waals surface area contributed by atoms with Gasteiger partial charge in [0.2, 0.25) is 0 Å². The first-order valence-corrected chi connectivity index (χ1v) is 5.97. The lowest BCUT2D eigenvalue weighted by Gasteiger charge is -2.16. The van der Waals surface area contributed by atoms with Crippen molar-refractivity contribution in [2.45, 2.75) is 27.2 Å². The largest absolute Gasteiger partial charge is 0.384 e. The first-order chi connectivity index (χ1) is 8.04. The highest BCUT2D eigenvalue weighted by Gasteiger charge is 2.09. The molecule has 1 aromatic carbocycles. The van der Waals surface area contributed by atoms with E-state index in [4.69, 9.17) is 5.26 Å². The average molecular weight is 234 g/mol. The van der Waals surface area contributed by atoms with Gasteiger partial charge in [-0.3, -0.25) is 0 Å². The number of hydrogen-bond donors (Lipinski definition) is 1. The number of halogens is 1. The zero-order chi connectivity index (χ0) is 12.8. The van der Waals surface area contributed by atoms with E-state index in [1.807, 2.05) is 6.07 Å². The number of benzene rings is 1. The van der Waals surface area contributed by atoms with E-state index in [9.17, 15) is 4.39 Å². The molecule has 0 radical (unpaired) electrons. The van der Waals surface area contributed by atoms with Gasteiger partial charge in [-0.15, -0.1) is 0 Å². The lowest BCUT2D eigenvalue weighted by atomic mass is 9.99. The molecule has 0 saturated carbocycles. The van der Waals surface area contributed by atoms with Gasteiger partial charge in [-0.25, -0.2) is 4.39 Å². The average Bonchev–Trinajstić information content (AvgIpc) is 2.25. The molecule has 1 atom stereocenters. The number of nitriles is 1. The minimum Gasteiger partial charge on any atom is -0.384 e. The second-order valence-electron chi connectivity index (χ2n) is 4.89. The molecule has 0 spiro atoms. The molecular weight excluding hydrogens is 215 g/mol. The Morgan fingerprint density at radius 3 is 2.65 bits per heavy atom. The van der Waals surface area contributed by atoms with E-state index in [2.05, 4.69) is 26.1 Å². The fourth-order valence-corrected chi connectivity index (χ4v) is 1.96. The minimum atomic E-state index is -0.464. The molecule has 3 heteroatoms. The van der Waals surface area contributed by atoms with E-state index >= 15 is 0 Å². The van der Waals surface area contributed by atoms with Crippen LogP contribution in [0.2, 0.25) is 0 Å². The van der Waals surface area contributed by atoms with E-state index in [0.29, 0.717) is 17.5 Å². The maximum absolute atomic E-state index is 13.3. The Morgan fingerprint density at radius 1 is 1.35 bits per heavy atom. The van der Waals surface area contributed by atoms with E-state index in [-0.39, 0.29) is 5.56 Å². The summed E-state index contributed by atoms with van der Waals surface area (Å²) in [7, 11) is 0. The van der Waals surface area contributed by atoms with Crippen LogP contribution >= 0.6 is 0 Å². The zero-order valence-corrected chi connectivity index (χ0v) is 10.6. The third kappa shape index (κ3) is 4.07. The van der Waals surface area contributed by atoms with E-state index in [1.165, 1.54) is 6.07 Å². The molecule has 17 heavy (non-hydrogen) atoms. The summed E-state index contributed by atoms with van der Waals surface area (Å²) in [4.78, 5) is 0. The highest BCUT2D eigenvalue weighted by molar-refractivity contribution is 5.57. The van der Waals surface area contributed by atoms with Gasteiger partial charge >= 0.3 is 0 Å². The standard InChI is InChI=1S/C14H19FN2/c1-10(2)7-11(3)9-17-14-6-4-5-13(15)12(14)8-16/h4-6,10-11,17H,7,9H2,1-3H3. The zero-order valence-electron chi connectivity index (χ0n) is 10.6. The molecule has 0 saturated heterocycles. The summed E-state index contributed by atoms with van der Waals surface area (Å²) < 4.78 is 13.3. The van der Waals surface area contributed by atoms with Gasteiger partial charge < -0.3 is 5.32 Å². The van der Waals surface area contributed by atoms with Gasteiger partial charge in [-0.2, -0.15) is 5.26 Å². The van der Waals surface area contributed by atoms with Crippen molar-refractivity contribution in [3.05, 3.63) is 29.6 Å². The van der Waals surface area contributed by atoms with Crippen LogP contribution in [0.4, 0.5) is 10.1 Å². The molecule has 1 aromatic rings. The van der Waals surface area contributed by atoms with Gasteiger partial charge in [0.1, 0.15) is 17.4 Å². The summed E-state index contributed by atoms with van der Waals surface area (Å²) >= 11 is 0. The molecule has 0 aliphatic rings. The Labute approximate surface area is 102 Å². The van der Waals surface area contributed by atoms with Gasteiger partial charge in [0, 0.05) is 6.54 Å². The quantitative estimate of drug-likeness (QED) is 0.841. The Bertz CT molecular complexity index is 407. The fourth-order valence-electron chi connectivity index (χ4n) is 1.96. The Morgan fingerprint density at radius 2 is 2.06 bits per heavy atom. The van der Waals surface area contributed by atoms with Crippen molar-refractivity contribution in [1.82, 2.24) is 0 Å². The molecule has 2 nitrogen and oxygen atoms in total. The first kappa shape index (κ1) is 13.5. The van der Waals surface area contributed by atoms with E-state index in [0.717, 1.165) is 13.0 Å². The maximum Gasteiger partial charge on any atom is 0.143 e. The number of nitrogens with one attached hydrogen (secondary N) is 1. The number of hydrogen-bond acceptors (Lipinski definition) is 2. The number of anilines is 1. The number of rotatable bonds is 5. The second-order valence-corrected chi connectivity index (χ2v) is 4.89. The summed E-state index contributed by atoms with van der Waals surface area (Å²) in [6.07, 6.45) is 1.12. The maximum atomic E-state index is 13.3.